The zero-order chi connectivity index (χ0) is 22.5. The van der Waals surface area contributed by atoms with E-state index in [9.17, 15) is 9.90 Å². The number of hydrogen-bond donors (Lipinski definition) is 3. The van der Waals surface area contributed by atoms with Crippen LogP contribution in [0.3, 0.4) is 0 Å². The third-order valence-electron chi connectivity index (χ3n) is 6.91. The molecule has 0 aliphatic heterocycles. The summed E-state index contributed by atoms with van der Waals surface area (Å²) in [5.41, 5.74) is 2.37. The van der Waals surface area contributed by atoms with Gasteiger partial charge >= 0.3 is 5.97 Å². The molecule has 9 nitrogen and oxygen atoms in total. The number of carboxylic acids is 1. The molecule has 0 radical (unpaired) electrons. The fourth-order valence-electron chi connectivity index (χ4n) is 5.42. The van der Waals surface area contributed by atoms with E-state index in [2.05, 4.69) is 20.3 Å². The Kier molecular flexibility index (Phi) is 4.79. The largest absolute Gasteiger partial charge is 0.481 e. The molecule has 3 saturated carbocycles. The molecule has 3 aliphatic rings. The highest BCUT2D eigenvalue weighted by molar-refractivity contribution is 6.29. The maximum absolute atomic E-state index is 12.1. The molecule has 2 atom stereocenters. The second-order valence-corrected chi connectivity index (χ2v) is 9.13. The monoisotopic (exact) mass is 464 g/mol. The first-order chi connectivity index (χ1) is 16.1. The third kappa shape index (κ3) is 3.52. The fraction of sp³-hybridized carbons (Fsp3) is 0.348. The van der Waals surface area contributed by atoms with Crippen molar-refractivity contribution in [3.8, 4) is 22.8 Å². The molecule has 1 unspecified atom stereocenters. The number of aromatic amines is 1. The van der Waals surface area contributed by atoms with Gasteiger partial charge in [-0.05, 0) is 49.7 Å². The average molecular weight is 465 g/mol. The summed E-state index contributed by atoms with van der Waals surface area (Å²) in [6.07, 6.45) is 8.82. The number of aromatic nitrogens is 5. The SMILES string of the molecule is O=C(O)[C@H]1C2CCC(CC2)C1Nc1cc(-c2ccco2)nc(-c2c[nH]c3ncc(Cl)nc23)n1. The summed E-state index contributed by atoms with van der Waals surface area (Å²) in [6.45, 7) is 0. The number of aliphatic carboxylic acids is 1. The summed E-state index contributed by atoms with van der Waals surface area (Å²) in [5, 5.41) is 13.7. The second kappa shape index (κ2) is 7.84. The van der Waals surface area contributed by atoms with E-state index in [-0.39, 0.29) is 17.1 Å². The summed E-state index contributed by atoms with van der Waals surface area (Å²) in [6, 6.07) is 5.24. The van der Waals surface area contributed by atoms with Gasteiger partial charge in [-0.25, -0.2) is 19.9 Å². The van der Waals surface area contributed by atoms with Gasteiger partial charge in [0.25, 0.3) is 0 Å². The van der Waals surface area contributed by atoms with Crippen LogP contribution in [0.2, 0.25) is 5.15 Å². The predicted molar refractivity (Wildman–Crippen MR) is 122 cm³/mol. The van der Waals surface area contributed by atoms with Gasteiger partial charge in [0.2, 0.25) is 0 Å². The zero-order valence-corrected chi connectivity index (χ0v) is 18.3. The Hall–Kier alpha value is -3.46. The molecule has 0 spiro atoms. The van der Waals surface area contributed by atoms with Gasteiger partial charge in [0.1, 0.15) is 22.2 Å². The molecule has 3 aliphatic carbocycles. The Balaban J connectivity index is 1.45. The first-order valence-electron chi connectivity index (χ1n) is 11.0. The zero-order valence-electron chi connectivity index (χ0n) is 17.5. The third-order valence-corrected chi connectivity index (χ3v) is 7.09. The van der Waals surface area contributed by atoms with Crippen LogP contribution >= 0.6 is 11.6 Å². The van der Waals surface area contributed by atoms with Gasteiger partial charge in [-0.1, -0.05) is 11.6 Å². The minimum absolute atomic E-state index is 0.181. The lowest BCUT2D eigenvalue weighted by Crippen LogP contribution is -2.51. The Bertz CT molecular complexity index is 1330. The Morgan fingerprint density at radius 3 is 2.76 bits per heavy atom. The van der Waals surface area contributed by atoms with Gasteiger partial charge in [-0.3, -0.25) is 4.79 Å². The molecule has 4 aromatic rings. The number of furan rings is 1. The lowest BCUT2D eigenvalue weighted by atomic mass is 9.61. The Morgan fingerprint density at radius 1 is 1.18 bits per heavy atom. The second-order valence-electron chi connectivity index (χ2n) is 8.74. The molecule has 33 heavy (non-hydrogen) atoms. The van der Waals surface area contributed by atoms with E-state index in [0.29, 0.717) is 45.7 Å². The van der Waals surface area contributed by atoms with Crippen LogP contribution in [0.25, 0.3) is 34.0 Å². The standard InChI is InChI=1S/C23H21ClN6O3/c24-16-10-26-22-20(28-16)13(9-25-22)21-27-14(15-2-1-7-33-15)8-17(30-21)29-19-12-5-3-11(4-6-12)18(19)23(31)32/h1-2,7-12,18-19H,3-6H2,(H,25,26)(H,31,32)(H,27,29,30)/t11?,12?,18-,19?/m0/s1. The fourth-order valence-corrected chi connectivity index (χ4v) is 5.55. The number of carbonyl (C=O) groups is 1. The van der Waals surface area contributed by atoms with Gasteiger partial charge in [0, 0.05) is 18.3 Å². The van der Waals surface area contributed by atoms with Gasteiger partial charge in [0.15, 0.2) is 17.2 Å². The maximum Gasteiger partial charge on any atom is 0.308 e. The minimum Gasteiger partial charge on any atom is -0.481 e. The van der Waals surface area contributed by atoms with E-state index in [4.69, 9.17) is 26.0 Å². The van der Waals surface area contributed by atoms with E-state index in [1.807, 2.05) is 6.07 Å². The smallest absolute Gasteiger partial charge is 0.308 e. The maximum atomic E-state index is 12.1. The van der Waals surface area contributed by atoms with Crippen LogP contribution in [-0.2, 0) is 4.79 Å². The first-order valence-corrected chi connectivity index (χ1v) is 11.4. The van der Waals surface area contributed by atoms with Crippen molar-refractivity contribution in [3.63, 3.8) is 0 Å². The number of fused-ring (bicyclic) bond motifs is 4. The van der Waals surface area contributed by atoms with Crippen molar-refractivity contribution in [3.05, 3.63) is 42.0 Å². The van der Waals surface area contributed by atoms with E-state index in [0.717, 1.165) is 25.7 Å². The molecular formula is C23H21ClN6O3. The number of nitrogens with one attached hydrogen (secondary N) is 2. The summed E-state index contributed by atoms with van der Waals surface area (Å²) >= 11 is 6.08. The van der Waals surface area contributed by atoms with Gasteiger partial charge in [-0.2, -0.15) is 0 Å². The van der Waals surface area contributed by atoms with E-state index >= 15 is 0 Å². The number of halogens is 1. The minimum atomic E-state index is -0.746. The van der Waals surface area contributed by atoms with Crippen LogP contribution in [0.15, 0.2) is 41.3 Å². The van der Waals surface area contributed by atoms with Gasteiger partial charge < -0.3 is 19.8 Å². The first kappa shape index (κ1) is 20.2. The average Bonchev–Trinajstić information content (AvgIpc) is 3.49. The Labute approximate surface area is 193 Å². The van der Waals surface area contributed by atoms with E-state index in [1.54, 1.807) is 24.6 Å². The van der Waals surface area contributed by atoms with E-state index in [1.165, 1.54) is 6.20 Å². The number of carboxylic acid groups (broad SMARTS) is 1. The Morgan fingerprint density at radius 2 is 2.00 bits per heavy atom. The summed E-state index contributed by atoms with van der Waals surface area (Å²) in [7, 11) is 0. The van der Waals surface area contributed by atoms with Crippen LogP contribution in [0, 0.1) is 17.8 Å². The number of anilines is 1. The summed E-state index contributed by atoms with van der Waals surface area (Å²) in [5.74, 6) is 0.887. The lowest BCUT2D eigenvalue weighted by Gasteiger charge is -2.47. The molecule has 3 N–H and O–H groups in total. The van der Waals surface area contributed by atoms with Crippen LogP contribution < -0.4 is 5.32 Å². The molecule has 7 rings (SSSR count). The van der Waals surface area contributed by atoms with Crippen molar-refractivity contribution in [2.75, 3.05) is 5.32 Å². The molecule has 4 heterocycles. The molecule has 168 valence electrons. The predicted octanol–water partition coefficient (Wildman–Crippen LogP) is 4.63. The molecule has 10 heteroatoms. The van der Waals surface area contributed by atoms with Crippen LogP contribution in [0.5, 0.6) is 0 Å². The number of H-pyrrole nitrogens is 1. The molecular weight excluding hydrogens is 444 g/mol. The molecule has 0 aromatic carbocycles. The van der Waals surface area contributed by atoms with Crippen molar-refractivity contribution in [1.82, 2.24) is 24.9 Å². The van der Waals surface area contributed by atoms with E-state index < -0.39 is 11.9 Å². The summed E-state index contributed by atoms with van der Waals surface area (Å²) < 4.78 is 5.58. The van der Waals surface area contributed by atoms with Crippen LogP contribution in [-0.4, -0.2) is 42.0 Å². The van der Waals surface area contributed by atoms with Crippen molar-refractivity contribution in [2.45, 2.75) is 31.7 Å². The molecule has 3 fully saturated rings. The highest BCUT2D eigenvalue weighted by Gasteiger charge is 2.47. The number of hydrogen-bond acceptors (Lipinski definition) is 7. The quantitative estimate of drug-likeness (QED) is 0.389. The van der Waals surface area contributed by atoms with Gasteiger partial charge in [0.05, 0.1) is 23.9 Å². The van der Waals surface area contributed by atoms with Gasteiger partial charge in [-0.15, -0.1) is 0 Å². The number of nitrogens with zero attached hydrogens (tertiary/aromatic N) is 4. The molecule has 4 aromatic heterocycles. The molecule has 0 amide bonds. The van der Waals surface area contributed by atoms with Crippen LogP contribution in [0.4, 0.5) is 5.82 Å². The summed E-state index contributed by atoms with van der Waals surface area (Å²) in [4.78, 5) is 33.3. The molecule has 2 bridgehead atoms. The van der Waals surface area contributed by atoms with Crippen molar-refractivity contribution < 1.29 is 14.3 Å². The number of rotatable bonds is 5. The van der Waals surface area contributed by atoms with Crippen molar-refractivity contribution in [1.29, 1.82) is 0 Å². The van der Waals surface area contributed by atoms with Crippen molar-refractivity contribution in [2.24, 2.45) is 17.8 Å². The normalized spacial score (nSPS) is 24.3. The lowest BCUT2D eigenvalue weighted by molar-refractivity contribution is -0.148. The highest BCUT2D eigenvalue weighted by Crippen LogP contribution is 2.46. The van der Waals surface area contributed by atoms with Crippen LogP contribution in [0.1, 0.15) is 25.7 Å². The highest BCUT2D eigenvalue weighted by atomic mass is 35.5. The molecule has 0 saturated heterocycles. The van der Waals surface area contributed by atoms with Crippen molar-refractivity contribution >= 4 is 34.6 Å². The topological polar surface area (TPSA) is 130 Å².